The van der Waals surface area contributed by atoms with E-state index in [-0.39, 0.29) is 11.8 Å². The lowest BCUT2D eigenvalue weighted by Crippen LogP contribution is -2.43. The third kappa shape index (κ3) is 4.38. The predicted molar refractivity (Wildman–Crippen MR) is 119 cm³/mol. The summed E-state index contributed by atoms with van der Waals surface area (Å²) in [6.07, 6.45) is 1.80. The van der Waals surface area contributed by atoms with E-state index in [1.807, 2.05) is 36.4 Å². The van der Waals surface area contributed by atoms with Crippen LogP contribution in [-0.4, -0.2) is 50.3 Å². The first-order chi connectivity index (χ1) is 15.1. The lowest BCUT2D eigenvalue weighted by Gasteiger charge is -2.31. The van der Waals surface area contributed by atoms with Gasteiger partial charge in [0.25, 0.3) is 0 Å². The number of ether oxygens (including phenoxy) is 3. The zero-order chi connectivity index (χ0) is 21.8. The topological polar surface area (TPSA) is 88.7 Å². The van der Waals surface area contributed by atoms with Crippen LogP contribution in [0.2, 0.25) is 0 Å². The molecule has 0 aliphatic carbocycles. The Labute approximate surface area is 181 Å². The number of amides is 1. The Bertz CT molecular complexity index is 1010. The number of para-hydroxylation sites is 2. The fraction of sp³-hybridized carbons (Fsp3) is 0.391. The van der Waals surface area contributed by atoms with Crippen LogP contribution in [0.15, 0.2) is 36.4 Å². The number of carbonyl (C=O) groups excluding carboxylic acids is 1. The number of H-pyrrole nitrogens is 1. The molecule has 0 unspecified atom stereocenters. The molecule has 0 saturated carbocycles. The van der Waals surface area contributed by atoms with Gasteiger partial charge in [-0.05, 0) is 42.7 Å². The molecule has 4 rings (SSSR count). The van der Waals surface area contributed by atoms with Crippen molar-refractivity contribution in [1.29, 1.82) is 0 Å². The predicted octanol–water partition coefficient (Wildman–Crippen LogP) is 3.12. The van der Waals surface area contributed by atoms with Crippen LogP contribution in [0.5, 0.6) is 17.2 Å². The molecule has 31 heavy (non-hydrogen) atoms. The molecule has 0 spiro atoms. The molecule has 1 aliphatic rings. The molecule has 2 N–H and O–H groups in total. The van der Waals surface area contributed by atoms with Gasteiger partial charge in [-0.3, -0.25) is 4.79 Å². The number of benzene rings is 2. The maximum absolute atomic E-state index is 12.9. The van der Waals surface area contributed by atoms with Crippen molar-refractivity contribution in [1.82, 2.24) is 15.3 Å². The van der Waals surface area contributed by atoms with E-state index >= 15 is 0 Å². The van der Waals surface area contributed by atoms with Gasteiger partial charge in [0.1, 0.15) is 0 Å². The number of imidazole rings is 1. The van der Waals surface area contributed by atoms with Crippen LogP contribution in [0, 0.1) is 5.92 Å². The summed E-state index contributed by atoms with van der Waals surface area (Å²) in [5.41, 5.74) is 2.82. The van der Waals surface area contributed by atoms with E-state index in [1.165, 1.54) is 0 Å². The average Bonchev–Trinajstić information content (AvgIpc) is 3.26. The smallest absolute Gasteiger partial charge is 0.225 e. The standard InChI is InChI=1S/C23H28N4O4/c1-29-19-11-15(12-20(30-2)21(19)31-3)13-24-22(28)16-7-6-10-27(14-16)23-25-17-8-4-5-9-18(17)26-23/h4-5,8-9,11-12,16H,6-7,10,13-14H2,1-3H3,(H,24,28)(H,25,26)/t16-/m1/s1. The van der Waals surface area contributed by atoms with Gasteiger partial charge in [-0.25, -0.2) is 4.98 Å². The summed E-state index contributed by atoms with van der Waals surface area (Å²) in [4.78, 5) is 23.1. The molecule has 8 heteroatoms. The molecule has 1 aliphatic heterocycles. The zero-order valence-corrected chi connectivity index (χ0v) is 18.1. The Morgan fingerprint density at radius 3 is 2.58 bits per heavy atom. The van der Waals surface area contributed by atoms with E-state index in [9.17, 15) is 4.79 Å². The number of nitrogens with zero attached hydrogens (tertiary/aromatic N) is 2. The van der Waals surface area contributed by atoms with Crippen LogP contribution >= 0.6 is 0 Å². The summed E-state index contributed by atoms with van der Waals surface area (Å²) in [6, 6.07) is 11.7. The summed E-state index contributed by atoms with van der Waals surface area (Å²) < 4.78 is 16.1. The molecule has 2 heterocycles. The third-order valence-corrected chi connectivity index (χ3v) is 5.66. The number of piperidine rings is 1. The minimum absolute atomic E-state index is 0.0366. The normalized spacial score (nSPS) is 16.2. The highest BCUT2D eigenvalue weighted by Gasteiger charge is 2.27. The van der Waals surface area contributed by atoms with Gasteiger partial charge in [0.2, 0.25) is 17.6 Å². The molecule has 1 saturated heterocycles. The molecule has 3 aromatic rings. The molecular formula is C23H28N4O4. The molecule has 8 nitrogen and oxygen atoms in total. The second kappa shape index (κ2) is 9.16. The Morgan fingerprint density at radius 1 is 1.16 bits per heavy atom. The number of aromatic nitrogens is 2. The number of nitrogens with one attached hydrogen (secondary N) is 2. The van der Waals surface area contributed by atoms with Crippen molar-refractivity contribution >= 4 is 22.9 Å². The van der Waals surface area contributed by atoms with E-state index in [1.54, 1.807) is 21.3 Å². The fourth-order valence-electron chi connectivity index (χ4n) is 4.04. The molecule has 164 valence electrons. The minimum atomic E-state index is -0.0935. The molecule has 1 atom stereocenters. The number of carbonyl (C=O) groups is 1. The SMILES string of the molecule is COc1cc(CNC(=O)[C@@H]2CCCN(c3nc4ccccc4[nH]3)C2)cc(OC)c1OC. The first-order valence-electron chi connectivity index (χ1n) is 10.4. The van der Waals surface area contributed by atoms with E-state index in [4.69, 9.17) is 14.2 Å². The maximum atomic E-state index is 12.9. The number of hydrogen-bond acceptors (Lipinski definition) is 6. The van der Waals surface area contributed by atoms with Crippen LogP contribution in [-0.2, 0) is 11.3 Å². The van der Waals surface area contributed by atoms with Crippen molar-refractivity contribution in [3.05, 3.63) is 42.0 Å². The zero-order valence-electron chi connectivity index (χ0n) is 18.1. The highest BCUT2D eigenvalue weighted by atomic mass is 16.5. The number of rotatable bonds is 7. The molecule has 0 bridgehead atoms. The van der Waals surface area contributed by atoms with Gasteiger partial charge in [0.15, 0.2) is 11.5 Å². The number of fused-ring (bicyclic) bond motifs is 1. The van der Waals surface area contributed by atoms with Gasteiger partial charge in [-0.15, -0.1) is 0 Å². The van der Waals surface area contributed by atoms with Gasteiger partial charge in [0.05, 0.1) is 38.3 Å². The van der Waals surface area contributed by atoms with Gasteiger partial charge in [-0.2, -0.15) is 0 Å². The number of anilines is 1. The van der Waals surface area contributed by atoms with Gasteiger partial charge < -0.3 is 29.4 Å². The summed E-state index contributed by atoms with van der Waals surface area (Å²) in [6.45, 7) is 1.91. The summed E-state index contributed by atoms with van der Waals surface area (Å²) in [5.74, 6) is 2.44. The largest absolute Gasteiger partial charge is 0.493 e. The second-order valence-electron chi connectivity index (χ2n) is 7.61. The van der Waals surface area contributed by atoms with Gasteiger partial charge >= 0.3 is 0 Å². The summed E-state index contributed by atoms with van der Waals surface area (Å²) >= 11 is 0. The van der Waals surface area contributed by atoms with Crippen LogP contribution in [0.4, 0.5) is 5.95 Å². The first-order valence-corrected chi connectivity index (χ1v) is 10.4. The van der Waals surface area contributed by atoms with E-state index in [0.717, 1.165) is 41.9 Å². The average molecular weight is 425 g/mol. The number of methoxy groups -OCH3 is 3. The molecule has 1 aromatic heterocycles. The summed E-state index contributed by atoms with van der Waals surface area (Å²) in [7, 11) is 4.72. The molecular weight excluding hydrogens is 396 g/mol. The third-order valence-electron chi connectivity index (χ3n) is 5.66. The van der Waals surface area contributed by atoms with Gasteiger partial charge in [-0.1, -0.05) is 12.1 Å². The lowest BCUT2D eigenvalue weighted by molar-refractivity contribution is -0.125. The van der Waals surface area contributed by atoms with Crippen molar-refractivity contribution in [3.8, 4) is 17.2 Å². The lowest BCUT2D eigenvalue weighted by atomic mass is 9.97. The molecule has 2 aromatic carbocycles. The second-order valence-corrected chi connectivity index (χ2v) is 7.61. The quantitative estimate of drug-likeness (QED) is 0.606. The van der Waals surface area contributed by atoms with E-state index in [0.29, 0.717) is 30.3 Å². The Morgan fingerprint density at radius 2 is 1.90 bits per heavy atom. The molecule has 1 amide bonds. The number of hydrogen-bond donors (Lipinski definition) is 2. The van der Waals surface area contributed by atoms with E-state index in [2.05, 4.69) is 20.2 Å². The monoisotopic (exact) mass is 424 g/mol. The van der Waals surface area contributed by atoms with Gasteiger partial charge in [0, 0.05) is 19.6 Å². The van der Waals surface area contributed by atoms with Crippen molar-refractivity contribution in [2.75, 3.05) is 39.3 Å². The van der Waals surface area contributed by atoms with Crippen molar-refractivity contribution in [3.63, 3.8) is 0 Å². The summed E-state index contributed by atoms with van der Waals surface area (Å²) in [5, 5.41) is 3.06. The Balaban J connectivity index is 1.41. The van der Waals surface area contributed by atoms with Crippen molar-refractivity contribution in [2.24, 2.45) is 5.92 Å². The fourth-order valence-corrected chi connectivity index (χ4v) is 4.04. The van der Waals surface area contributed by atoms with Crippen LogP contribution in [0.25, 0.3) is 11.0 Å². The van der Waals surface area contributed by atoms with Crippen molar-refractivity contribution in [2.45, 2.75) is 19.4 Å². The highest BCUT2D eigenvalue weighted by molar-refractivity contribution is 5.80. The Kier molecular flexibility index (Phi) is 6.16. The minimum Gasteiger partial charge on any atom is -0.493 e. The van der Waals surface area contributed by atoms with Crippen LogP contribution in [0.3, 0.4) is 0 Å². The molecule has 0 radical (unpaired) electrons. The number of aromatic amines is 1. The highest BCUT2D eigenvalue weighted by Crippen LogP contribution is 2.38. The maximum Gasteiger partial charge on any atom is 0.225 e. The molecule has 1 fully saturated rings. The Hall–Kier alpha value is -3.42. The van der Waals surface area contributed by atoms with Crippen LogP contribution < -0.4 is 24.4 Å². The first kappa shape index (κ1) is 20.8. The van der Waals surface area contributed by atoms with Crippen molar-refractivity contribution < 1.29 is 19.0 Å². The van der Waals surface area contributed by atoms with E-state index < -0.39 is 0 Å². The van der Waals surface area contributed by atoms with Crippen LogP contribution in [0.1, 0.15) is 18.4 Å².